The van der Waals surface area contributed by atoms with E-state index < -0.39 is 0 Å². The molecule has 1 heterocycles. The minimum absolute atomic E-state index is 0.103. The standard InChI is InChI=1S/C12H12ClN3OS2/c1-7-3-8(2)11(9(13)4-7)15-10(17)5-18-12-16-14-6-19-12/h3-4,6H,5H2,1-2H3,(H,15,17). The van der Waals surface area contributed by atoms with Gasteiger partial charge in [0.25, 0.3) is 0 Å². The fourth-order valence-electron chi connectivity index (χ4n) is 1.60. The van der Waals surface area contributed by atoms with E-state index in [1.165, 1.54) is 23.1 Å². The number of aryl methyl sites for hydroxylation is 2. The highest BCUT2D eigenvalue weighted by atomic mass is 35.5. The summed E-state index contributed by atoms with van der Waals surface area (Å²) in [5, 5.41) is 11.0. The summed E-state index contributed by atoms with van der Waals surface area (Å²) in [4.78, 5) is 11.9. The van der Waals surface area contributed by atoms with Gasteiger partial charge in [0, 0.05) is 0 Å². The Morgan fingerprint density at radius 3 is 2.89 bits per heavy atom. The van der Waals surface area contributed by atoms with Crippen LogP contribution in [0.5, 0.6) is 0 Å². The predicted molar refractivity (Wildman–Crippen MR) is 80.2 cm³/mol. The first kappa shape index (κ1) is 14.3. The van der Waals surface area contributed by atoms with Crippen molar-refractivity contribution < 1.29 is 4.79 Å². The van der Waals surface area contributed by atoms with E-state index in [1.807, 2.05) is 26.0 Å². The van der Waals surface area contributed by atoms with Crippen LogP contribution >= 0.6 is 34.7 Å². The molecule has 19 heavy (non-hydrogen) atoms. The number of anilines is 1. The average Bonchev–Trinajstić information content (AvgIpc) is 2.84. The molecule has 0 bridgehead atoms. The summed E-state index contributed by atoms with van der Waals surface area (Å²) in [6, 6.07) is 3.82. The molecular formula is C12H12ClN3OS2. The van der Waals surface area contributed by atoms with Gasteiger partial charge in [-0.15, -0.1) is 10.2 Å². The number of hydrogen-bond donors (Lipinski definition) is 1. The molecule has 1 aromatic carbocycles. The zero-order chi connectivity index (χ0) is 13.8. The highest BCUT2D eigenvalue weighted by Crippen LogP contribution is 2.28. The van der Waals surface area contributed by atoms with Crippen LogP contribution in [-0.4, -0.2) is 21.9 Å². The van der Waals surface area contributed by atoms with Gasteiger partial charge in [0.15, 0.2) is 4.34 Å². The zero-order valence-electron chi connectivity index (χ0n) is 10.4. The number of hydrogen-bond acceptors (Lipinski definition) is 5. The van der Waals surface area contributed by atoms with Crippen LogP contribution in [0.25, 0.3) is 0 Å². The fourth-order valence-corrected chi connectivity index (χ4v) is 3.26. The molecule has 0 saturated carbocycles. The molecule has 0 saturated heterocycles. The van der Waals surface area contributed by atoms with Crippen molar-refractivity contribution in [1.29, 1.82) is 0 Å². The smallest absolute Gasteiger partial charge is 0.234 e. The molecule has 4 nitrogen and oxygen atoms in total. The van der Waals surface area contributed by atoms with Crippen molar-refractivity contribution >= 4 is 46.3 Å². The van der Waals surface area contributed by atoms with Crippen molar-refractivity contribution in [3.63, 3.8) is 0 Å². The molecule has 1 aromatic heterocycles. The van der Waals surface area contributed by atoms with Crippen molar-refractivity contribution in [2.75, 3.05) is 11.1 Å². The molecule has 0 aliphatic rings. The molecule has 1 amide bonds. The van der Waals surface area contributed by atoms with E-state index in [9.17, 15) is 4.79 Å². The van der Waals surface area contributed by atoms with Gasteiger partial charge in [-0.2, -0.15) is 0 Å². The minimum atomic E-state index is -0.103. The van der Waals surface area contributed by atoms with Gasteiger partial charge in [-0.3, -0.25) is 4.79 Å². The van der Waals surface area contributed by atoms with Gasteiger partial charge in [-0.05, 0) is 31.0 Å². The molecule has 1 N–H and O–H groups in total. The highest BCUT2D eigenvalue weighted by Gasteiger charge is 2.10. The van der Waals surface area contributed by atoms with Crippen molar-refractivity contribution in [2.45, 2.75) is 18.2 Å². The monoisotopic (exact) mass is 313 g/mol. The molecule has 0 spiro atoms. The van der Waals surface area contributed by atoms with Crippen LogP contribution in [0.4, 0.5) is 5.69 Å². The van der Waals surface area contributed by atoms with E-state index in [4.69, 9.17) is 11.6 Å². The first-order valence-electron chi connectivity index (χ1n) is 5.52. The van der Waals surface area contributed by atoms with E-state index in [0.29, 0.717) is 16.5 Å². The second-order valence-corrected chi connectivity index (χ2v) is 6.44. The second kappa shape index (κ2) is 6.36. The Bertz CT molecular complexity index is 564. The first-order valence-corrected chi connectivity index (χ1v) is 7.76. The number of thioether (sulfide) groups is 1. The van der Waals surface area contributed by atoms with Crippen molar-refractivity contribution in [3.05, 3.63) is 33.8 Å². The number of nitrogens with zero attached hydrogens (tertiary/aromatic N) is 2. The molecule has 2 rings (SSSR count). The Hall–Kier alpha value is -1.11. The van der Waals surface area contributed by atoms with Crippen molar-refractivity contribution in [3.8, 4) is 0 Å². The largest absolute Gasteiger partial charge is 0.324 e. The van der Waals surface area contributed by atoms with Crippen LogP contribution in [0.1, 0.15) is 11.1 Å². The lowest BCUT2D eigenvalue weighted by Gasteiger charge is -2.11. The number of carbonyl (C=O) groups excluding carboxylic acids is 1. The van der Waals surface area contributed by atoms with Crippen LogP contribution in [0.3, 0.4) is 0 Å². The van der Waals surface area contributed by atoms with Crippen LogP contribution in [0.15, 0.2) is 22.0 Å². The number of rotatable bonds is 4. The van der Waals surface area contributed by atoms with Crippen LogP contribution in [-0.2, 0) is 4.79 Å². The number of nitrogens with one attached hydrogen (secondary N) is 1. The van der Waals surface area contributed by atoms with E-state index in [1.54, 1.807) is 5.51 Å². The molecule has 7 heteroatoms. The fraction of sp³-hybridized carbons (Fsp3) is 0.250. The lowest BCUT2D eigenvalue weighted by atomic mass is 10.1. The lowest BCUT2D eigenvalue weighted by Crippen LogP contribution is -2.15. The normalized spacial score (nSPS) is 10.5. The average molecular weight is 314 g/mol. The van der Waals surface area contributed by atoms with Gasteiger partial charge >= 0.3 is 0 Å². The zero-order valence-corrected chi connectivity index (χ0v) is 12.8. The topological polar surface area (TPSA) is 54.9 Å². The Kier molecular flexibility index (Phi) is 4.79. The molecule has 2 aromatic rings. The summed E-state index contributed by atoms with van der Waals surface area (Å²) in [5.41, 5.74) is 4.35. The third kappa shape index (κ3) is 3.92. The summed E-state index contributed by atoms with van der Waals surface area (Å²) in [6.07, 6.45) is 0. The molecule has 0 fully saturated rings. The van der Waals surface area contributed by atoms with Gasteiger partial charge in [-0.25, -0.2) is 0 Å². The van der Waals surface area contributed by atoms with Gasteiger partial charge in [0.2, 0.25) is 5.91 Å². The quantitative estimate of drug-likeness (QED) is 0.877. The highest BCUT2D eigenvalue weighted by molar-refractivity contribution is 8.01. The summed E-state index contributed by atoms with van der Waals surface area (Å²) < 4.78 is 0.780. The van der Waals surface area contributed by atoms with Gasteiger partial charge < -0.3 is 5.32 Å². The maximum absolute atomic E-state index is 11.9. The summed E-state index contributed by atoms with van der Waals surface area (Å²) in [7, 11) is 0. The number of carbonyl (C=O) groups is 1. The van der Waals surface area contributed by atoms with Crippen LogP contribution in [0.2, 0.25) is 5.02 Å². The van der Waals surface area contributed by atoms with Crippen molar-refractivity contribution in [2.24, 2.45) is 0 Å². The number of amides is 1. The predicted octanol–water partition coefficient (Wildman–Crippen LogP) is 3.54. The summed E-state index contributed by atoms with van der Waals surface area (Å²) in [5.74, 6) is 0.188. The SMILES string of the molecule is Cc1cc(C)c(NC(=O)CSc2nncs2)c(Cl)c1. The Morgan fingerprint density at radius 2 is 2.26 bits per heavy atom. The van der Waals surface area contributed by atoms with E-state index in [-0.39, 0.29) is 5.91 Å². The van der Waals surface area contributed by atoms with Gasteiger partial charge in [0.1, 0.15) is 5.51 Å². The molecule has 0 radical (unpaired) electrons. The Morgan fingerprint density at radius 1 is 1.47 bits per heavy atom. The number of benzene rings is 1. The number of aromatic nitrogens is 2. The lowest BCUT2D eigenvalue weighted by molar-refractivity contribution is -0.113. The summed E-state index contributed by atoms with van der Waals surface area (Å²) >= 11 is 8.91. The Labute approximate surface area is 124 Å². The third-order valence-corrected chi connectivity index (χ3v) is 4.52. The molecule has 0 aliphatic heterocycles. The van der Waals surface area contributed by atoms with E-state index in [0.717, 1.165) is 15.5 Å². The molecule has 0 aliphatic carbocycles. The summed E-state index contributed by atoms with van der Waals surface area (Å²) in [6.45, 7) is 3.89. The van der Waals surface area contributed by atoms with E-state index in [2.05, 4.69) is 15.5 Å². The van der Waals surface area contributed by atoms with Gasteiger partial charge in [-0.1, -0.05) is 40.8 Å². The minimum Gasteiger partial charge on any atom is -0.324 e. The molecule has 0 atom stereocenters. The van der Waals surface area contributed by atoms with Crippen LogP contribution < -0.4 is 5.32 Å². The Balaban J connectivity index is 1.99. The van der Waals surface area contributed by atoms with Gasteiger partial charge in [0.05, 0.1) is 16.5 Å². The molecular weight excluding hydrogens is 302 g/mol. The number of halogens is 1. The maximum atomic E-state index is 11.9. The third-order valence-electron chi connectivity index (χ3n) is 2.36. The molecule has 0 unspecified atom stereocenters. The maximum Gasteiger partial charge on any atom is 0.234 e. The first-order chi connectivity index (χ1) is 9.06. The van der Waals surface area contributed by atoms with Crippen molar-refractivity contribution in [1.82, 2.24) is 10.2 Å². The van der Waals surface area contributed by atoms with Crippen LogP contribution in [0, 0.1) is 13.8 Å². The van der Waals surface area contributed by atoms with E-state index >= 15 is 0 Å². The molecule has 100 valence electrons. The second-order valence-electron chi connectivity index (χ2n) is 3.98.